The van der Waals surface area contributed by atoms with Gasteiger partial charge in [-0.25, -0.2) is 12.8 Å². The molecule has 2 aromatic heterocycles. The molecule has 2 aliphatic rings. The zero-order chi connectivity index (χ0) is 26.5. The van der Waals surface area contributed by atoms with Crippen LogP contribution in [0.4, 0.5) is 10.2 Å². The first-order chi connectivity index (χ1) is 18.4. The van der Waals surface area contributed by atoms with E-state index in [-0.39, 0.29) is 56.5 Å². The van der Waals surface area contributed by atoms with E-state index in [9.17, 15) is 8.42 Å². The highest BCUT2D eigenvalue weighted by molar-refractivity contribution is 7.93. The van der Waals surface area contributed by atoms with E-state index in [1.54, 1.807) is 29.2 Å². The molecule has 6 rings (SSSR count). The van der Waals surface area contributed by atoms with E-state index in [4.69, 9.17) is 18.7 Å². The van der Waals surface area contributed by atoms with Crippen LogP contribution in [0.1, 0.15) is 43.2 Å². The van der Waals surface area contributed by atoms with E-state index >= 15 is 4.39 Å². The lowest BCUT2D eigenvalue weighted by Crippen LogP contribution is -2.31. The number of anilines is 1. The lowest BCUT2D eigenvalue weighted by molar-refractivity contribution is 0.208. The third kappa shape index (κ3) is 3.85. The minimum absolute atomic E-state index is 0.0646. The number of methoxy groups -OCH3 is 2. The van der Waals surface area contributed by atoms with Crippen molar-refractivity contribution in [1.82, 2.24) is 14.9 Å². The number of rotatable bonds is 7. The van der Waals surface area contributed by atoms with Gasteiger partial charge in [-0.2, -0.15) is 5.10 Å². The van der Waals surface area contributed by atoms with Crippen LogP contribution in [-0.4, -0.2) is 44.2 Å². The van der Waals surface area contributed by atoms with Gasteiger partial charge in [0.25, 0.3) is 10.0 Å². The second kappa shape index (κ2) is 9.19. The molecule has 1 fully saturated rings. The molecule has 38 heavy (non-hydrogen) atoms. The number of nitrogens with zero attached hydrogens (tertiary/aromatic N) is 3. The number of hydrogen-bond acceptors (Lipinski definition) is 8. The molecule has 2 aromatic carbocycles. The van der Waals surface area contributed by atoms with Crippen LogP contribution >= 0.6 is 0 Å². The lowest BCUT2D eigenvalue weighted by Gasteiger charge is -2.36. The average molecular weight is 543 g/mol. The van der Waals surface area contributed by atoms with Gasteiger partial charge in [0.2, 0.25) is 0 Å². The van der Waals surface area contributed by atoms with Crippen LogP contribution in [0.25, 0.3) is 11.0 Å². The first-order valence-corrected chi connectivity index (χ1v) is 13.8. The summed E-state index contributed by atoms with van der Waals surface area (Å²) in [4.78, 5) is -0.116. The molecule has 1 saturated carbocycles. The minimum atomic E-state index is -4.31. The fourth-order valence-corrected chi connectivity index (χ4v) is 7.12. The van der Waals surface area contributed by atoms with Gasteiger partial charge in [0.1, 0.15) is 16.9 Å². The molecule has 4 aromatic rings. The van der Waals surface area contributed by atoms with Crippen molar-refractivity contribution >= 4 is 26.8 Å². The van der Waals surface area contributed by atoms with Gasteiger partial charge < -0.3 is 18.7 Å². The highest BCUT2D eigenvalue weighted by Crippen LogP contribution is 2.53. The van der Waals surface area contributed by atoms with Crippen molar-refractivity contribution < 1.29 is 31.5 Å². The SMILES string of the molecule is COc1ccc2c(c1S(=O)(=O)Nc1noc3cc(Cn4cccn4)c(F)c(OC)c13)OCCC21CCCC1. The van der Waals surface area contributed by atoms with E-state index in [0.717, 1.165) is 37.7 Å². The van der Waals surface area contributed by atoms with Gasteiger partial charge in [-0.15, -0.1) is 0 Å². The predicted octanol–water partition coefficient (Wildman–Crippen LogP) is 4.62. The van der Waals surface area contributed by atoms with Crippen LogP contribution in [0.3, 0.4) is 0 Å². The maximum atomic E-state index is 15.5. The standard InChI is InChI=1S/C26H27FN4O6S/c1-34-18-7-6-17-22(36-13-10-26(17)8-3-4-9-26)24(18)38(32,33)30-25-20-19(37-29-25)14-16(21(27)23(20)35-2)15-31-12-5-11-28-31/h5-7,11-12,14H,3-4,8-10,13,15H2,1-2H3,(H,29,30). The van der Waals surface area contributed by atoms with E-state index in [1.165, 1.54) is 20.3 Å². The molecular formula is C26H27FN4O6S. The molecule has 0 atom stereocenters. The van der Waals surface area contributed by atoms with Crippen LogP contribution in [-0.2, 0) is 22.0 Å². The van der Waals surface area contributed by atoms with Crippen LogP contribution < -0.4 is 18.9 Å². The molecule has 12 heteroatoms. The van der Waals surface area contributed by atoms with E-state index in [0.29, 0.717) is 6.61 Å². The molecule has 3 heterocycles. The van der Waals surface area contributed by atoms with Crippen molar-refractivity contribution in [3.8, 4) is 17.2 Å². The Morgan fingerprint density at radius 3 is 2.71 bits per heavy atom. The summed E-state index contributed by atoms with van der Waals surface area (Å²) in [7, 11) is -1.61. The lowest BCUT2D eigenvalue weighted by atomic mass is 9.74. The number of nitrogens with one attached hydrogen (secondary N) is 1. The normalized spacial score (nSPS) is 16.4. The molecule has 1 aliphatic carbocycles. The average Bonchev–Trinajstić information content (AvgIpc) is 3.67. The van der Waals surface area contributed by atoms with Crippen molar-refractivity contribution in [2.24, 2.45) is 0 Å². The van der Waals surface area contributed by atoms with Crippen molar-refractivity contribution in [2.75, 3.05) is 25.5 Å². The second-order valence-electron chi connectivity index (χ2n) is 9.66. The Kier molecular flexibility index (Phi) is 5.93. The van der Waals surface area contributed by atoms with E-state index in [2.05, 4.69) is 15.0 Å². The zero-order valence-electron chi connectivity index (χ0n) is 21.0. The number of hydrogen-bond donors (Lipinski definition) is 1. The molecule has 0 unspecified atom stereocenters. The van der Waals surface area contributed by atoms with E-state index < -0.39 is 15.8 Å². The summed E-state index contributed by atoms with van der Waals surface area (Å²) in [6.45, 7) is 0.535. The first-order valence-electron chi connectivity index (χ1n) is 12.4. The summed E-state index contributed by atoms with van der Waals surface area (Å²) in [6.07, 6.45) is 8.26. The number of fused-ring (bicyclic) bond motifs is 3. The number of aromatic nitrogens is 3. The largest absolute Gasteiger partial charge is 0.495 e. The summed E-state index contributed by atoms with van der Waals surface area (Å²) < 4.78 is 69.4. The summed E-state index contributed by atoms with van der Waals surface area (Å²) in [5, 5.41) is 8.08. The summed E-state index contributed by atoms with van der Waals surface area (Å²) in [5.41, 5.74) is 1.17. The Bertz CT molecular complexity index is 1610. The molecule has 0 amide bonds. The molecule has 1 N–H and O–H groups in total. The van der Waals surface area contributed by atoms with Gasteiger partial charge in [-0.3, -0.25) is 9.40 Å². The Balaban J connectivity index is 1.44. The van der Waals surface area contributed by atoms with Gasteiger partial charge >= 0.3 is 0 Å². The molecule has 0 radical (unpaired) electrons. The number of benzene rings is 2. The number of halogens is 1. The minimum Gasteiger partial charge on any atom is -0.495 e. The Morgan fingerprint density at radius 2 is 2.00 bits per heavy atom. The van der Waals surface area contributed by atoms with E-state index in [1.807, 2.05) is 6.07 Å². The maximum absolute atomic E-state index is 15.5. The fourth-order valence-electron chi connectivity index (χ4n) is 5.80. The van der Waals surface area contributed by atoms with Crippen molar-refractivity contribution in [2.45, 2.75) is 49.0 Å². The van der Waals surface area contributed by atoms with Crippen LogP contribution in [0.15, 0.2) is 46.1 Å². The maximum Gasteiger partial charge on any atom is 0.270 e. The molecular weight excluding hydrogens is 515 g/mol. The summed E-state index contributed by atoms with van der Waals surface area (Å²) >= 11 is 0. The topological polar surface area (TPSA) is 118 Å². The van der Waals surface area contributed by atoms with Crippen molar-refractivity contribution in [3.05, 3.63) is 53.6 Å². The summed E-state index contributed by atoms with van der Waals surface area (Å²) in [6, 6.07) is 6.75. The highest BCUT2D eigenvalue weighted by Gasteiger charge is 2.43. The third-order valence-corrected chi connectivity index (χ3v) is 8.97. The zero-order valence-corrected chi connectivity index (χ0v) is 21.8. The van der Waals surface area contributed by atoms with Gasteiger partial charge in [0.05, 0.1) is 27.4 Å². The van der Waals surface area contributed by atoms with Crippen molar-refractivity contribution in [1.29, 1.82) is 0 Å². The molecule has 200 valence electrons. The van der Waals surface area contributed by atoms with Gasteiger partial charge in [0, 0.05) is 28.9 Å². The predicted molar refractivity (Wildman–Crippen MR) is 136 cm³/mol. The fraction of sp³-hybridized carbons (Fsp3) is 0.385. The smallest absolute Gasteiger partial charge is 0.270 e. The first kappa shape index (κ1) is 24.5. The van der Waals surface area contributed by atoms with Crippen LogP contribution in [0.5, 0.6) is 17.2 Å². The third-order valence-electron chi connectivity index (χ3n) is 7.58. The Labute approximate surface area is 218 Å². The molecule has 0 bridgehead atoms. The highest BCUT2D eigenvalue weighted by atomic mass is 32.2. The Morgan fingerprint density at radius 1 is 1.18 bits per heavy atom. The monoisotopic (exact) mass is 542 g/mol. The van der Waals surface area contributed by atoms with Gasteiger partial charge in [-0.1, -0.05) is 24.1 Å². The van der Waals surface area contributed by atoms with Crippen LogP contribution in [0, 0.1) is 5.82 Å². The van der Waals surface area contributed by atoms with Gasteiger partial charge in [0.15, 0.2) is 27.9 Å². The molecule has 1 aliphatic heterocycles. The number of ether oxygens (including phenoxy) is 3. The van der Waals surface area contributed by atoms with Crippen LogP contribution in [0.2, 0.25) is 0 Å². The Hall–Kier alpha value is -3.80. The number of sulfonamides is 1. The molecule has 10 nitrogen and oxygen atoms in total. The molecule has 0 saturated heterocycles. The summed E-state index contributed by atoms with van der Waals surface area (Å²) in [5.74, 6) is -0.629. The molecule has 1 spiro atoms. The van der Waals surface area contributed by atoms with Gasteiger partial charge in [-0.05, 0) is 37.5 Å². The quantitative estimate of drug-likeness (QED) is 0.359. The van der Waals surface area contributed by atoms with Crippen molar-refractivity contribution in [3.63, 3.8) is 0 Å². The second-order valence-corrected chi connectivity index (χ2v) is 11.3.